The molecule has 1 aromatic carbocycles. The van der Waals surface area contributed by atoms with Gasteiger partial charge in [-0.15, -0.1) is 0 Å². The minimum absolute atomic E-state index is 0.0422. The van der Waals surface area contributed by atoms with Crippen molar-refractivity contribution in [2.45, 2.75) is 50.8 Å². The fourth-order valence-electron chi connectivity index (χ4n) is 3.25. The molecule has 0 saturated heterocycles. The summed E-state index contributed by atoms with van der Waals surface area (Å²) in [6, 6.07) is 4.72. The van der Waals surface area contributed by atoms with Crippen molar-refractivity contribution < 1.29 is 13.2 Å². The number of aromatic nitrogens is 2. The highest BCUT2D eigenvalue weighted by atomic mass is 32.2. The molecule has 0 unspecified atom stereocenters. The number of carbonyl (C=O) groups is 1. The molecule has 1 aromatic heterocycles. The van der Waals surface area contributed by atoms with E-state index in [9.17, 15) is 18.0 Å². The highest BCUT2D eigenvalue weighted by Gasteiger charge is 2.27. The summed E-state index contributed by atoms with van der Waals surface area (Å²) in [5.41, 5.74) is 0.969. The molecule has 0 radical (unpaired) electrons. The third-order valence-electron chi connectivity index (χ3n) is 4.97. The summed E-state index contributed by atoms with van der Waals surface area (Å²) in [5.74, 6) is -0.509. The average Bonchev–Trinajstić information content (AvgIpc) is 2.99. The van der Waals surface area contributed by atoms with Gasteiger partial charge < -0.3 is 0 Å². The lowest BCUT2D eigenvalue weighted by Crippen LogP contribution is -2.35. The van der Waals surface area contributed by atoms with Crippen molar-refractivity contribution in [3.05, 3.63) is 52.2 Å². The van der Waals surface area contributed by atoms with Crippen molar-refractivity contribution in [1.82, 2.24) is 8.54 Å². The van der Waals surface area contributed by atoms with Crippen LogP contribution in [0.3, 0.4) is 0 Å². The minimum Gasteiger partial charge on any atom is -0.274 e. The summed E-state index contributed by atoms with van der Waals surface area (Å²) in [6.07, 6.45) is 6.95. The molecule has 25 heavy (non-hydrogen) atoms. The van der Waals surface area contributed by atoms with Crippen LogP contribution in [-0.2, 0) is 10.0 Å². The van der Waals surface area contributed by atoms with Crippen molar-refractivity contribution in [3.8, 4) is 0 Å². The Bertz CT molecular complexity index is 963. The van der Waals surface area contributed by atoms with Crippen molar-refractivity contribution >= 4 is 15.9 Å². The molecule has 6 nitrogen and oxygen atoms in total. The Morgan fingerprint density at radius 3 is 2.36 bits per heavy atom. The van der Waals surface area contributed by atoms with Crippen LogP contribution in [0.15, 0.2) is 40.3 Å². The first-order valence-corrected chi connectivity index (χ1v) is 9.93. The molecule has 0 bridgehead atoms. The number of aryl methyl sites for hydroxylation is 2. The smallest absolute Gasteiger partial charge is 0.274 e. The van der Waals surface area contributed by atoms with Crippen LogP contribution < -0.4 is 5.69 Å². The zero-order valence-electron chi connectivity index (χ0n) is 14.4. The van der Waals surface area contributed by atoms with Gasteiger partial charge in [-0.05, 0) is 49.9 Å². The first kappa shape index (κ1) is 17.7. The van der Waals surface area contributed by atoms with Gasteiger partial charge in [0.2, 0.25) is 5.91 Å². The Kier molecular flexibility index (Phi) is 4.69. The molecule has 1 heterocycles. The third-order valence-corrected chi connectivity index (χ3v) is 6.62. The van der Waals surface area contributed by atoms with Gasteiger partial charge in [0.25, 0.3) is 10.0 Å². The Morgan fingerprint density at radius 1 is 1.04 bits per heavy atom. The molecule has 0 N–H and O–H groups in total. The lowest BCUT2D eigenvalue weighted by atomic mass is 9.88. The largest absolute Gasteiger partial charge is 0.349 e. The SMILES string of the molecule is Cc1ccc(S(=O)(=O)n2ccn(C(=O)C3CCCCC3)c2=O)cc1C. The molecule has 0 spiro atoms. The predicted octanol–water partition coefficient (Wildman–Crippen LogP) is 2.72. The highest BCUT2D eigenvalue weighted by Crippen LogP contribution is 2.25. The van der Waals surface area contributed by atoms with Crippen LogP contribution in [0.2, 0.25) is 0 Å². The molecule has 1 fully saturated rings. The van der Waals surface area contributed by atoms with E-state index in [-0.39, 0.29) is 16.7 Å². The van der Waals surface area contributed by atoms with Gasteiger partial charge in [0.05, 0.1) is 4.90 Å². The second kappa shape index (κ2) is 6.63. The van der Waals surface area contributed by atoms with Crippen LogP contribution in [0.25, 0.3) is 0 Å². The molecule has 1 aliphatic rings. The van der Waals surface area contributed by atoms with E-state index in [0.29, 0.717) is 3.97 Å². The second-order valence-electron chi connectivity index (χ2n) is 6.67. The second-order valence-corrected chi connectivity index (χ2v) is 8.49. The summed E-state index contributed by atoms with van der Waals surface area (Å²) in [7, 11) is -4.02. The quantitative estimate of drug-likeness (QED) is 0.841. The Labute approximate surface area is 147 Å². The summed E-state index contributed by atoms with van der Waals surface area (Å²) >= 11 is 0. The molecular formula is C18H22N2O4S. The molecular weight excluding hydrogens is 340 g/mol. The van der Waals surface area contributed by atoms with Gasteiger partial charge in [0.15, 0.2) is 0 Å². The van der Waals surface area contributed by atoms with Gasteiger partial charge >= 0.3 is 5.69 Å². The fourth-order valence-corrected chi connectivity index (χ4v) is 4.55. The van der Waals surface area contributed by atoms with E-state index in [1.54, 1.807) is 6.07 Å². The molecule has 0 amide bonds. The van der Waals surface area contributed by atoms with Crippen molar-refractivity contribution in [1.29, 1.82) is 0 Å². The summed E-state index contributed by atoms with van der Waals surface area (Å²) in [6.45, 7) is 3.70. The molecule has 134 valence electrons. The van der Waals surface area contributed by atoms with Gasteiger partial charge in [-0.25, -0.2) is 17.8 Å². The number of imidazole rings is 1. The molecule has 2 aromatic rings. The molecule has 7 heteroatoms. The van der Waals surface area contributed by atoms with E-state index in [2.05, 4.69) is 0 Å². The lowest BCUT2D eigenvalue weighted by molar-refractivity contribution is 0.0797. The van der Waals surface area contributed by atoms with E-state index in [4.69, 9.17) is 0 Å². The van der Waals surface area contributed by atoms with Crippen LogP contribution in [0.4, 0.5) is 0 Å². The lowest BCUT2D eigenvalue weighted by Gasteiger charge is -2.19. The first-order chi connectivity index (χ1) is 11.8. The van der Waals surface area contributed by atoms with Gasteiger partial charge in [-0.1, -0.05) is 25.3 Å². The predicted molar refractivity (Wildman–Crippen MR) is 94.4 cm³/mol. The number of nitrogens with zero attached hydrogens (tertiary/aromatic N) is 2. The topological polar surface area (TPSA) is 78.1 Å². The van der Waals surface area contributed by atoms with E-state index < -0.39 is 15.7 Å². The molecule has 3 rings (SSSR count). The van der Waals surface area contributed by atoms with Gasteiger partial charge in [-0.3, -0.25) is 4.79 Å². The average molecular weight is 362 g/mol. The number of rotatable bonds is 3. The third kappa shape index (κ3) is 3.20. The minimum atomic E-state index is -4.02. The summed E-state index contributed by atoms with van der Waals surface area (Å²) in [4.78, 5) is 25.1. The van der Waals surface area contributed by atoms with Gasteiger partial charge in [0.1, 0.15) is 0 Å². The Morgan fingerprint density at radius 2 is 1.72 bits per heavy atom. The Balaban J connectivity index is 1.98. The molecule has 1 aliphatic carbocycles. The number of carbonyl (C=O) groups excluding carboxylic acids is 1. The van der Waals surface area contributed by atoms with Crippen molar-refractivity contribution in [2.24, 2.45) is 5.92 Å². The number of hydrogen-bond acceptors (Lipinski definition) is 4. The summed E-state index contributed by atoms with van der Waals surface area (Å²) < 4.78 is 27.1. The van der Waals surface area contributed by atoms with Crippen molar-refractivity contribution in [3.63, 3.8) is 0 Å². The zero-order valence-corrected chi connectivity index (χ0v) is 15.3. The maximum Gasteiger partial charge on any atom is 0.349 e. The number of hydrogen-bond donors (Lipinski definition) is 0. The normalized spacial score (nSPS) is 16.1. The van der Waals surface area contributed by atoms with Crippen molar-refractivity contribution in [2.75, 3.05) is 0 Å². The van der Waals surface area contributed by atoms with Gasteiger partial charge in [0, 0.05) is 18.3 Å². The van der Waals surface area contributed by atoms with E-state index >= 15 is 0 Å². The molecule has 1 saturated carbocycles. The van der Waals surface area contributed by atoms with Crippen LogP contribution >= 0.6 is 0 Å². The molecule has 0 aliphatic heterocycles. The Hall–Kier alpha value is -2.15. The van der Waals surface area contributed by atoms with Crippen LogP contribution in [-0.4, -0.2) is 22.9 Å². The van der Waals surface area contributed by atoms with Crippen LogP contribution in [0.5, 0.6) is 0 Å². The fraction of sp³-hybridized carbons (Fsp3) is 0.444. The highest BCUT2D eigenvalue weighted by molar-refractivity contribution is 7.90. The summed E-state index contributed by atoms with van der Waals surface area (Å²) in [5, 5.41) is 0. The van der Waals surface area contributed by atoms with Crippen LogP contribution in [0.1, 0.15) is 48.0 Å². The molecule has 0 atom stereocenters. The van der Waals surface area contributed by atoms with E-state index in [1.807, 2.05) is 13.8 Å². The maximum absolute atomic E-state index is 12.8. The number of benzene rings is 1. The standard InChI is InChI=1S/C18H22N2O4S/c1-13-8-9-16(12-14(13)2)25(23,24)20-11-10-19(18(20)22)17(21)15-6-4-3-5-7-15/h8-12,15H,3-7H2,1-2H3. The van der Waals surface area contributed by atoms with E-state index in [1.165, 1.54) is 18.3 Å². The zero-order chi connectivity index (χ0) is 18.2. The maximum atomic E-state index is 12.8. The van der Waals surface area contributed by atoms with Crippen LogP contribution in [0, 0.1) is 19.8 Å². The first-order valence-electron chi connectivity index (χ1n) is 8.49. The monoisotopic (exact) mass is 362 g/mol. The van der Waals surface area contributed by atoms with E-state index in [0.717, 1.165) is 54.0 Å². The van der Waals surface area contributed by atoms with Gasteiger partial charge in [-0.2, -0.15) is 3.97 Å².